The maximum Gasteiger partial charge on any atom is 2.00 e. The predicted molar refractivity (Wildman–Crippen MR) is 106 cm³/mol. The Morgan fingerprint density at radius 2 is 0.714 bits per heavy atom. The van der Waals surface area contributed by atoms with Crippen molar-refractivity contribution in [3.63, 3.8) is 0 Å². The summed E-state index contributed by atoms with van der Waals surface area (Å²) in [4.78, 5) is 0. The van der Waals surface area contributed by atoms with Crippen molar-refractivity contribution in [1.29, 1.82) is 0 Å². The Balaban J connectivity index is 0.000000381. The van der Waals surface area contributed by atoms with Crippen molar-refractivity contribution in [3.8, 4) is 0 Å². The van der Waals surface area contributed by atoms with Gasteiger partial charge in [0, 0.05) is 26.1 Å². The van der Waals surface area contributed by atoms with Gasteiger partial charge in [0.15, 0.2) is 0 Å². The standard InChI is InChI=1S/C10H8.2C7H9O.2Fe/c1-2-6-9(5-1)10-7-3-4-8-10;2*1-8-6-7-4-2-3-5-7;;/h1-8H;2*2-5H,6H2,1H3;;/q;;;2*+2. The first-order chi connectivity index (χ1) is 12.8. The molecule has 0 N–H and O–H groups in total. The molecule has 0 aromatic rings. The van der Waals surface area contributed by atoms with E-state index in [0.29, 0.717) is 0 Å². The summed E-state index contributed by atoms with van der Waals surface area (Å²) < 4.78 is 9.77. The summed E-state index contributed by atoms with van der Waals surface area (Å²) in [5.74, 6) is 5.11. The molecule has 0 spiro atoms. The van der Waals surface area contributed by atoms with E-state index < -0.39 is 0 Å². The first-order valence-electron chi connectivity index (χ1n) is 8.66. The largest absolute Gasteiger partial charge is 2.00 e. The third kappa shape index (κ3) is 12.0. The molecule has 0 unspecified atom stereocenters. The molecule has 4 saturated carbocycles. The van der Waals surface area contributed by atoms with Crippen LogP contribution in [0.5, 0.6) is 0 Å². The van der Waals surface area contributed by atoms with Crippen LogP contribution in [-0.2, 0) is 43.6 Å². The van der Waals surface area contributed by atoms with Crippen LogP contribution in [-0.4, -0.2) is 27.4 Å². The van der Waals surface area contributed by atoms with Crippen molar-refractivity contribution in [3.05, 3.63) is 126 Å². The van der Waals surface area contributed by atoms with Crippen LogP contribution in [0.3, 0.4) is 0 Å². The molecule has 28 heavy (non-hydrogen) atoms. The van der Waals surface area contributed by atoms with E-state index in [0.717, 1.165) is 13.2 Å². The third-order valence-electron chi connectivity index (χ3n) is 3.74. The minimum atomic E-state index is 0. The van der Waals surface area contributed by atoms with E-state index >= 15 is 0 Å². The van der Waals surface area contributed by atoms with Crippen molar-refractivity contribution >= 4 is 0 Å². The minimum absolute atomic E-state index is 0. The maximum atomic E-state index is 4.89. The van der Waals surface area contributed by atoms with E-state index in [1.807, 2.05) is 51.4 Å². The third-order valence-corrected chi connectivity index (χ3v) is 3.74. The normalized spacial score (nSPS) is 23.4. The van der Waals surface area contributed by atoms with Gasteiger partial charge in [0.25, 0.3) is 0 Å². The number of methoxy groups -OCH3 is 2. The van der Waals surface area contributed by atoms with E-state index in [9.17, 15) is 0 Å². The van der Waals surface area contributed by atoms with Crippen LogP contribution >= 0.6 is 0 Å². The molecule has 4 fully saturated rings. The molecule has 0 atom stereocenters. The van der Waals surface area contributed by atoms with Gasteiger partial charge in [-0.3, -0.25) is 0 Å². The number of hydrogen-bond acceptors (Lipinski definition) is 2. The number of ether oxygens (including phenoxy) is 2. The number of hydrogen-bond donors (Lipinski definition) is 0. The van der Waals surface area contributed by atoms with E-state index in [4.69, 9.17) is 9.47 Å². The van der Waals surface area contributed by atoms with Crippen molar-refractivity contribution in [2.45, 2.75) is 0 Å². The predicted octanol–water partition coefficient (Wildman–Crippen LogP) is 3.87. The molecule has 0 saturated heterocycles. The van der Waals surface area contributed by atoms with Crippen LogP contribution in [0.2, 0.25) is 0 Å². The van der Waals surface area contributed by atoms with Gasteiger partial charge in [-0.25, -0.2) is 0 Å². The van der Waals surface area contributed by atoms with Gasteiger partial charge in [-0.15, -0.1) is 0 Å². The van der Waals surface area contributed by atoms with Crippen LogP contribution in [0.4, 0.5) is 0 Å². The van der Waals surface area contributed by atoms with E-state index in [-0.39, 0.29) is 34.1 Å². The molecule has 0 bridgehead atoms. The number of rotatable bonds is 5. The zero-order valence-electron chi connectivity index (χ0n) is 16.2. The Labute approximate surface area is 197 Å². The Hall–Kier alpha value is 0.959. The average Bonchev–Trinajstić information content (AvgIpc) is 3.43. The molecular weight excluding hydrogens is 432 g/mol. The van der Waals surface area contributed by atoms with Gasteiger partial charge in [-0.05, 0) is 115 Å². The molecule has 0 aromatic heterocycles. The second kappa shape index (κ2) is 18.7. The zero-order valence-corrected chi connectivity index (χ0v) is 18.4. The van der Waals surface area contributed by atoms with Gasteiger partial charge in [0.05, 0.1) is 13.2 Å². The van der Waals surface area contributed by atoms with Gasteiger partial charge in [0.2, 0.25) is 0 Å². The molecule has 0 aliphatic heterocycles. The molecule has 4 aliphatic carbocycles. The van der Waals surface area contributed by atoms with Crippen LogP contribution in [0.25, 0.3) is 0 Å². The monoisotopic (exact) mass is 458 g/mol. The van der Waals surface area contributed by atoms with Crippen molar-refractivity contribution < 1.29 is 43.6 Å². The molecule has 4 aliphatic rings. The molecule has 0 amide bonds. The molecule has 20 radical (unpaired) electrons. The Morgan fingerprint density at radius 1 is 0.464 bits per heavy atom. The smallest absolute Gasteiger partial charge is 0.384 e. The fraction of sp³-hybridized carbons (Fsp3) is 0.167. The van der Waals surface area contributed by atoms with Gasteiger partial charge < -0.3 is 9.47 Å². The van der Waals surface area contributed by atoms with Crippen LogP contribution < -0.4 is 0 Å². The van der Waals surface area contributed by atoms with Crippen molar-refractivity contribution in [2.75, 3.05) is 27.4 Å². The second-order valence-electron chi connectivity index (χ2n) is 5.80. The summed E-state index contributed by atoms with van der Waals surface area (Å²) in [5, 5.41) is 0. The molecule has 0 heterocycles. The van der Waals surface area contributed by atoms with Crippen molar-refractivity contribution in [1.82, 2.24) is 0 Å². The summed E-state index contributed by atoms with van der Waals surface area (Å²) in [7, 11) is 3.40. The zero-order chi connectivity index (χ0) is 18.5. The van der Waals surface area contributed by atoms with Crippen LogP contribution in [0.1, 0.15) is 0 Å². The van der Waals surface area contributed by atoms with Crippen molar-refractivity contribution in [2.24, 2.45) is 0 Å². The first-order valence-corrected chi connectivity index (χ1v) is 8.66. The fourth-order valence-electron chi connectivity index (χ4n) is 2.49. The molecule has 4 heteroatoms. The van der Waals surface area contributed by atoms with E-state index in [2.05, 4.69) is 51.4 Å². The SMILES string of the molecule is COC[C]1[CH][CH][CH][CH]1.COC[C]1[CH][CH][CH][CH]1.[CH]1[CH][CH][C]([C]2[CH][CH][CH][CH]2)[CH]1.[Fe+2].[Fe+2]. The first kappa shape index (κ1) is 29.0. The van der Waals surface area contributed by atoms with Gasteiger partial charge >= 0.3 is 34.1 Å². The molecular formula is C24H26Fe2O2+4. The topological polar surface area (TPSA) is 18.5 Å². The summed E-state index contributed by atoms with van der Waals surface area (Å²) in [6, 6.07) is 0. The van der Waals surface area contributed by atoms with Gasteiger partial charge in [0.1, 0.15) is 0 Å². The summed E-state index contributed by atoms with van der Waals surface area (Å²) in [6.45, 7) is 1.46. The van der Waals surface area contributed by atoms with Gasteiger partial charge in [-0.1, -0.05) is 0 Å². The Kier molecular flexibility index (Phi) is 19.3. The van der Waals surface area contributed by atoms with Gasteiger partial charge in [-0.2, -0.15) is 0 Å². The summed E-state index contributed by atoms with van der Waals surface area (Å²) >= 11 is 0. The second-order valence-corrected chi connectivity index (χ2v) is 5.80. The molecule has 2 nitrogen and oxygen atoms in total. The van der Waals surface area contributed by atoms with Crippen LogP contribution in [0, 0.1) is 126 Å². The Bertz CT molecular complexity index is 285. The Morgan fingerprint density at radius 3 is 0.964 bits per heavy atom. The summed E-state index contributed by atoms with van der Waals surface area (Å²) in [5.41, 5.74) is 0. The quantitative estimate of drug-likeness (QED) is 0.583. The maximum absolute atomic E-state index is 4.89. The molecule has 4 rings (SSSR count). The fourth-order valence-corrected chi connectivity index (χ4v) is 2.49. The van der Waals surface area contributed by atoms with E-state index in [1.54, 1.807) is 14.2 Å². The summed E-state index contributed by atoms with van der Waals surface area (Å²) in [6.07, 6.45) is 32.9. The average molecular weight is 458 g/mol. The minimum Gasteiger partial charge on any atom is -0.384 e. The van der Waals surface area contributed by atoms with E-state index in [1.165, 1.54) is 23.7 Å². The molecule has 0 aromatic carbocycles. The molecule has 146 valence electrons. The van der Waals surface area contributed by atoms with Crippen LogP contribution in [0.15, 0.2) is 0 Å².